The average molecular weight is 244 g/mol. The summed E-state index contributed by atoms with van der Waals surface area (Å²) in [6.07, 6.45) is 0.726. The summed E-state index contributed by atoms with van der Waals surface area (Å²) in [7, 11) is 0. The van der Waals surface area contributed by atoms with E-state index in [9.17, 15) is 9.90 Å². The van der Waals surface area contributed by atoms with Gasteiger partial charge < -0.3 is 14.5 Å². The summed E-state index contributed by atoms with van der Waals surface area (Å²) in [5, 5.41) is 11.7. The zero-order chi connectivity index (χ0) is 13.3. The van der Waals surface area contributed by atoms with Crippen molar-refractivity contribution in [2.45, 2.75) is 40.2 Å². The van der Waals surface area contributed by atoms with Gasteiger partial charge in [0, 0.05) is 29.1 Å². The van der Waals surface area contributed by atoms with Gasteiger partial charge in [0.25, 0.3) is 0 Å². The Bertz CT molecular complexity index is 596. The lowest BCUT2D eigenvalue weighted by Crippen LogP contribution is -2.22. The number of fused-ring (bicyclic) bond motifs is 1. The number of rotatable bonds is 4. The van der Waals surface area contributed by atoms with E-state index in [4.69, 9.17) is 0 Å². The quantitative estimate of drug-likeness (QED) is 0.826. The lowest BCUT2D eigenvalue weighted by molar-refractivity contribution is -0.305. The van der Waals surface area contributed by atoms with Crippen molar-refractivity contribution >= 4 is 16.9 Å². The number of nitrogens with zero attached hydrogens (tertiary/aromatic N) is 1. The summed E-state index contributed by atoms with van der Waals surface area (Å²) < 4.78 is 2.19. The fraction of sp³-hybridized carbons (Fsp3) is 0.400. The molecule has 0 atom stereocenters. The van der Waals surface area contributed by atoms with Gasteiger partial charge >= 0.3 is 0 Å². The van der Waals surface area contributed by atoms with Gasteiger partial charge in [-0.2, -0.15) is 0 Å². The van der Waals surface area contributed by atoms with Crippen molar-refractivity contribution < 1.29 is 9.90 Å². The third-order valence-corrected chi connectivity index (χ3v) is 3.60. The van der Waals surface area contributed by atoms with Gasteiger partial charge in [-0.1, -0.05) is 6.07 Å². The molecule has 0 amide bonds. The van der Waals surface area contributed by atoms with Crippen molar-refractivity contribution in [1.29, 1.82) is 0 Å². The molecule has 0 saturated heterocycles. The van der Waals surface area contributed by atoms with Crippen molar-refractivity contribution in [1.82, 2.24) is 4.57 Å². The number of hydrogen-bond acceptors (Lipinski definition) is 2. The molecule has 1 aromatic heterocycles. The third kappa shape index (κ3) is 2.26. The SMILES string of the molecule is Cc1ccc2c(cc(C)n2CCCC(=O)[O-])c1C. The fourth-order valence-electron chi connectivity index (χ4n) is 2.40. The number of aromatic nitrogens is 1. The molecule has 0 aliphatic heterocycles. The Balaban J connectivity index is 2.36. The zero-order valence-electron chi connectivity index (χ0n) is 11.1. The van der Waals surface area contributed by atoms with E-state index in [0.29, 0.717) is 6.42 Å². The van der Waals surface area contributed by atoms with Crippen LogP contribution < -0.4 is 5.11 Å². The second kappa shape index (κ2) is 4.84. The second-order valence-electron chi connectivity index (χ2n) is 4.85. The van der Waals surface area contributed by atoms with Crippen molar-refractivity contribution in [3.05, 3.63) is 35.0 Å². The van der Waals surface area contributed by atoms with E-state index >= 15 is 0 Å². The predicted octanol–water partition coefficient (Wildman–Crippen LogP) is 2.10. The Morgan fingerprint density at radius 3 is 2.67 bits per heavy atom. The van der Waals surface area contributed by atoms with Crippen LogP contribution in [0.2, 0.25) is 0 Å². The lowest BCUT2D eigenvalue weighted by atomic mass is 10.1. The number of carboxylic acid groups (broad SMARTS) is 1. The van der Waals surface area contributed by atoms with Crippen LogP contribution in [0, 0.1) is 20.8 Å². The van der Waals surface area contributed by atoms with Crippen LogP contribution in [0.25, 0.3) is 10.9 Å². The molecule has 3 nitrogen and oxygen atoms in total. The number of aryl methyl sites for hydroxylation is 4. The number of carboxylic acids is 1. The van der Waals surface area contributed by atoms with Gasteiger partial charge in [0.2, 0.25) is 0 Å². The Kier molecular flexibility index (Phi) is 3.41. The number of hydrogen-bond donors (Lipinski definition) is 0. The topological polar surface area (TPSA) is 45.1 Å². The highest BCUT2D eigenvalue weighted by atomic mass is 16.4. The minimum Gasteiger partial charge on any atom is -0.550 e. The molecule has 0 saturated carbocycles. The summed E-state index contributed by atoms with van der Waals surface area (Å²) in [6.45, 7) is 7.03. The molecule has 0 bridgehead atoms. The number of carbonyl (C=O) groups excluding carboxylic acids is 1. The van der Waals surface area contributed by atoms with Gasteiger partial charge in [-0.15, -0.1) is 0 Å². The highest BCUT2D eigenvalue weighted by molar-refractivity contribution is 5.85. The number of carbonyl (C=O) groups is 1. The van der Waals surface area contributed by atoms with Crippen LogP contribution in [0.1, 0.15) is 29.7 Å². The van der Waals surface area contributed by atoms with Crippen LogP contribution in [0.5, 0.6) is 0 Å². The van der Waals surface area contributed by atoms with Crippen LogP contribution in [0.4, 0.5) is 0 Å². The summed E-state index contributed by atoms with van der Waals surface area (Å²) in [5.41, 5.74) is 4.95. The van der Waals surface area contributed by atoms with Crippen molar-refractivity contribution in [2.24, 2.45) is 0 Å². The van der Waals surface area contributed by atoms with Crippen LogP contribution in [-0.2, 0) is 11.3 Å². The average Bonchev–Trinajstić information content (AvgIpc) is 2.62. The zero-order valence-corrected chi connectivity index (χ0v) is 11.1. The molecule has 0 spiro atoms. The van der Waals surface area contributed by atoms with E-state index in [-0.39, 0.29) is 6.42 Å². The molecule has 0 fully saturated rings. The lowest BCUT2D eigenvalue weighted by Gasteiger charge is -2.09. The first kappa shape index (κ1) is 12.7. The summed E-state index contributed by atoms with van der Waals surface area (Å²) in [6, 6.07) is 6.41. The molecule has 0 aliphatic carbocycles. The second-order valence-corrected chi connectivity index (χ2v) is 4.85. The third-order valence-electron chi connectivity index (χ3n) is 3.60. The first-order chi connectivity index (χ1) is 8.50. The van der Waals surface area contributed by atoms with E-state index in [1.807, 2.05) is 0 Å². The molecule has 3 heteroatoms. The molecule has 96 valence electrons. The molecule has 2 rings (SSSR count). The molecule has 2 aromatic rings. The fourth-order valence-corrected chi connectivity index (χ4v) is 2.40. The van der Waals surface area contributed by atoms with E-state index < -0.39 is 5.97 Å². The maximum Gasteiger partial charge on any atom is 0.0485 e. The van der Waals surface area contributed by atoms with Crippen molar-refractivity contribution in [3.63, 3.8) is 0 Å². The highest BCUT2D eigenvalue weighted by Gasteiger charge is 2.08. The standard InChI is InChI=1S/C15H19NO2/c1-10-6-7-14-13(12(10)3)9-11(2)16(14)8-4-5-15(17)18/h6-7,9H,4-5,8H2,1-3H3,(H,17,18)/p-1. The number of benzene rings is 1. The van der Waals surface area contributed by atoms with E-state index in [1.165, 1.54) is 27.7 Å². The Hall–Kier alpha value is -1.77. The first-order valence-electron chi connectivity index (χ1n) is 6.26. The molecule has 18 heavy (non-hydrogen) atoms. The summed E-state index contributed by atoms with van der Waals surface area (Å²) in [4.78, 5) is 10.5. The molecular weight excluding hydrogens is 226 g/mol. The minimum atomic E-state index is -0.976. The summed E-state index contributed by atoms with van der Waals surface area (Å²) >= 11 is 0. The first-order valence-corrected chi connectivity index (χ1v) is 6.26. The Morgan fingerprint density at radius 1 is 1.28 bits per heavy atom. The van der Waals surface area contributed by atoms with Gasteiger partial charge in [0.1, 0.15) is 0 Å². The Labute approximate surface area is 107 Å². The predicted molar refractivity (Wildman–Crippen MR) is 70.4 cm³/mol. The number of aliphatic carboxylic acids is 1. The molecular formula is C15H18NO2-. The van der Waals surface area contributed by atoms with Gasteiger partial charge in [-0.05, 0) is 56.9 Å². The van der Waals surface area contributed by atoms with E-state index in [0.717, 1.165) is 6.54 Å². The van der Waals surface area contributed by atoms with Crippen molar-refractivity contribution in [3.8, 4) is 0 Å². The maximum atomic E-state index is 10.5. The van der Waals surface area contributed by atoms with Gasteiger partial charge in [-0.3, -0.25) is 0 Å². The molecule has 1 aromatic carbocycles. The largest absolute Gasteiger partial charge is 0.550 e. The Morgan fingerprint density at radius 2 is 2.00 bits per heavy atom. The van der Waals surface area contributed by atoms with Gasteiger partial charge in [-0.25, -0.2) is 0 Å². The van der Waals surface area contributed by atoms with Crippen LogP contribution in [-0.4, -0.2) is 10.5 Å². The summed E-state index contributed by atoms with van der Waals surface area (Å²) in [5.74, 6) is -0.976. The van der Waals surface area contributed by atoms with Crippen molar-refractivity contribution in [2.75, 3.05) is 0 Å². The molecule has 0 unspecified atom stereocenters. The van der Waals surface area contributed by atoms with Crippen LogP contribution in [0.15, 0.2) is 18.2 Å². The molecule has 0 aliphatic rings. The molecule has 0 N–H and O–H groups in total. The molecule has 1 heterocycles. The van der Waals surface area contributed by atoms with Crippen LogP contribution >= 0.6 is 0 Å². The minimum absolute atomic E-state index is 0.115. The normalized spacial score (nSPS) is 11.1. The van der Waals surface area contributed by atoms with Crippen LogP contribution in [0.3, 0.4) is 0 Å². The van der Waals surface area contributed by atoms with Gasteiger partial charge in [0.15, 0.2) is 0 Å². The van der Waals surface area contributed by atoms with E-state index in [1.54, 1.807) is 0 Å². The molecule has 0 radical (unpaired) electrons. The highest BCUT2D eigenvalue weighted by Crippen LogP contribution is 2.25. The van der Waals surface area contributed by atoms with Gasteiger partial charge in [0.05, 0.1) is 0 Å². The maximum absolute atomic E-state index is 10.5. The monoisotopic (exact) mass is 244 g/mol. The smallest absolute Gasteiger partial charge is 0.0485 e. The van der Waals surface area contributed by atoms with E-state index in [2.05, 4.69) is 43.5 Å².